The summed E-state index contributed by atoms with van der Waals surface area (Å²) in [7, 11) is 0. The summed E-state index contributed by atoms with van der Waals surface area (Å²) in [4.78, 5) is 21.4. The quantitative estimate of drug-likeness (QED) is 0.119. The van der Waals surface area contributed by atoms with Crippen molar-refractivity contribution >= 4 is 151 Å². The molecule has 0 unspecified atom stereocenters. The number of aromatic nitrogens is 4. The predicted molar refractivity (Wildman–Crippen MR) is 524 cm³/mol. The lowest BCUT2D eigenvalue weighted by Crippen LogP contribution is -1.97. The van der Waals surface area contributed by atoms with E-state index in [-0.39, 0.29) is 0 Å². The summed E-state index contributed by atoms with van der Waals surface area (Å²) in [5.74, 6) is 1.28. The number of hydrogen-bond donors (Lipinski definition) is 0. The molecule has 8 aromatic heterocycles. The average molecular weight is 1650 g/mol. The van der Waals surface area contributed by atoms with Crippen molar-refractivity contribution in [2.75, 3.05) is 0 Å². The molecule has 0 saturated carbocycles. The summed E-state index contributed by atoms with van der Waals surface area (Å²) in [5, 5.41) is 13.9. The Morgan fingerprint density at radius 3 is 0.976 bits per heavy atom. The lowest BCUT2D eigenvalue weighted by Gasteiger charge is -2.14. The third-order valence-electron chi connectivity index (χ3n) is 24.6. The number of benzene rings is 18. The minimum Gasteiger partial charge on any atom is -0.456 e. The Morgan fingerprint density at radius 2 is 0.476 bits per heavy atom. The van der Waals surface area contributed by atoms with Gasteiger partial charge >= 0.3 is 0 Å². The SMILES string of the molecule is c1ccc(-c2cc(-c3ccc(-c4ccc5sc6ccccc6c5c4)cc3)nc(-c3cc(-c4ccc5oc6ccccc6c5c4)cc(-c4ccc5oc6ccccc6c5c4)c3)n2)cc1.c1ccc(-c2cc(-c3ccc(-c4cccc5c4sc4ccccc45)cc3)nc(-c3cc(-c4cccc5c4oc4ccccc45)cc(-c4cccc5c4oc4ccccc45)c3)n2)cc1. The highest BCUT2D eigenvalue weighted by Crippen LogP contribution is 2.47. The first kappa shape index (κ1) is 72.6. The molecule has 0 aliphatic carbocycles. The maximum atomic E-state index is 6.62. The van der Waals surface area contributed by atoms with Crippen molar-refractivity contribution in [3.05, 3.63) is 413 Å². The van der Waals surface area contributed by atoms with Gasteiger partial charge in [-0.05, 0) is 177 Å². The Hall–Kier alpha value is -16.2. The zero-order valence-corrected chi connectivity index (χ0v) is 69.1. The summed E-state index contributed by atoms with van der Waals surface area (Å²) in [6.07, 6.45) is 0. The van der Waals surface area contributed by atoms with Crippen molar-refractivity contribution in [3.8, 4) is 135 Å². The van der Waals surface area contributed by atoms with E-state index >= 15 is 0 Å². The molecular formula is C116H68N4O4S2. The molecule has 0 N–H and O–H groups in total. The molecule has 18 aromatic carbocycles. The first-order valence-electron chi connectivity index (χ1n) is 42.2. The average Bonchev–Trinajstić information content (AvgIpc) is 1.58. The van der Waals surface area contributed by atoms with Gasteiger partial charge in [0.2, 0.25) is 0 Å². The maximum absolute atomic E-state index is 6.62. The maximum Gasteiger partial charge on any atom is 0.160 e. The molecule has 0 aliphatic heterocycles. The van der Waals surface area contributed by atoms with Gasteiger partial charge < -0.3 is 17.7 Å². The van der Waals surface area contributed by atoms with E-state index in [2.05, 4.69) is 352 Å². The van der Waals surface area contributed by atoms with Gasteiger partial charge in [-0.3, -0.25) is 0 Å². The van der Waals surface area contributed by atoms with Gasteiger partial charge in [0.15, 0.2) is 11.6 Å². The lowest BCUT2D eigenvalue weighted by molar-refractivity contribution is 0.668. The van der Waals surface area contributed by atoms with Crippen LogP contribution in [0, 0.1) is 0 Å². The van der Waals surface area contributed by atoms with Gasteiger partial charge in [0.1, 0.15) is 44.7 Å². The summed E-state index contributed by atoms with van der Waals surface area (Å²) >= 11 is 3.70. The molecule has 0 amide bonds. The number of rotatable bonds is 12. The standard InChI is InChI=1S/2C58H34N2O2S/c1-2-13-36(14-3-1)50-34-51(37-29-27-35(28-30-37)43-20-12-23-49-46-17-6-9-26-54(46)63-57(43)49)60-58(59-50)40-32-38(41-18-10-21-47-44-15-4-7-24-52(44)61-55(41)47)31-39(33-40)42-19-11-22-48-45-16-5-8-25-53(45)62-56(42)48;1-2-10-36(11-3-1)50-34-51(37-20-18-35(19-21-37)38-24-27-57-49(33-38)46-14-6-9-17-56(46)63-57)60-58(59-50)43-29-41(39-22-25-54-47(31-39)44-12-4-7-15-52(44)61-54)28-42(30-43)40-23-26-55-48(32-40)45-13-5-8-16-53(45)62-55/h2*1-34H. The fourth-order valence-electron chi connectivity index (χ4n) is 18.4. The Labute approximate surface area is 730 Å². The number of fused-ring (bicyclic) bond motifs is 18. The zero-order valence-electron chi connectivity index (χ0n) is 67.5. The highest BCUT2D eigenvalue weighted by molar-refractivity contribution is 7.26. The van der Waals surface area contributed by atoms with Gasteiger partial charge in [0.25, 0.3) is 0 Å². The molecule has 0 radical (unpaired) electrons. The normalized spacial score (nSPS) is 11.8. The van der Waals surface area contributed by atoms with E-state index in [1.54, 1.807) is 0 Å². The van der Waals surface area contributed by atoms with Crippen molar-refractivity contribution in [2.45, 2.75) is 0 Å². The van der Waals surface area contributed by atoms with Crippen LogP contribution >= 0.6 is 22.7 Å². The van der Waals surface area contributed by atoms with Crippen molar-refractivity contribution in [3.63, 3.8) is 0 Å². The molecule has 0 bridgehead atoms. The van der Waals surface area contributed by atoms with E-state index in [0.29, 0.717) is 11.6 Å². The monoisotopic (exact) mass is 1640 g/mol. The van der Waals surface area contributed by atoms with Crippen LogP contribution in [0.4, 0.5) is 0 Å². The minimum absolute atomic E-state index is 0.627. The lowest BCUT2D eigenvalue weighted by atomic mass is 9.93. The third-order valence-corrected chi connectivity index (χ3v) is 27.0. The Morgan fingerprint density at radius 1 is 0.159 bits per heavy atom. The molecule has 26 aromatic rings. The summed E-state index contributed by atoms with van der Waals surface area (Å²) in [6.45, 7) is 0. The van der Waals surface area contributed by atoms with Crippen LogP contribution in [0.15, 0.2) is 430 Å². The molecule has 10 heteroatoms. The smallest absolute Gasteiger partial charge is 0.160 e. The van der Waals surface area contributed by atoms with E-state index in [1.165, 1.54) is 57.0 Å². The van der Waals surface area contributed by atoms with Crippen LogP contribution in [-0.2, 0) is 0 Å². The molecule has 26 rings (SSSR count). The van der Waals surface area contributed by atoms with Crippen LogP contribution < -0.4 is 0 Å². The summed E-state index contributed by atoms with van der Waals surface area (Å²) in [5.41, 5.74) is 29.2. The number of nitrogens with zero attached hydrogens (tertiary/aromatic N) is 4. The van der Waals surface area contributed by atoms with Crippen LogP contribution in [-0.4, -0.2) is 19.9 Å². The minimum atomic E-state index is 0.627. The largest absolute Gasteiger partial charge is 0.456 e. The number of para-hydroxylation sites is 6. The van der Waals surface area contributed by atoms with Gasteiger partial charge in [-0.25, -0.2) is 19.9 Å². The van der Waals surface area contributed by atoms with E-state index in [9.17, 15) is 0 Å². The van der Waals surface area contributed by atoms with Crippen LogP contribution in [0.3, 0.4) is 0 Å². The van der Waals surface area contributed by atoms with E-state index in [0.717, 1.165) is 194 Å². The summed E-state index contributed by atoms with van der Waals surface area (Å²) in [6, 6.07) is 145. The topological polar surface area (TPSA) is 104 Å². The summed E-state index contributed by atoms with van der Waals surface area (Å²) < 4.78 is 30.9. The predicted octanol–water partition coefficient (Wildman–Crippen LogP) is 33.3. The Bertz CT molecular complexity index is 8600. The van der Waals surface area contributed by atoms with Gasteiger partial charge in [-0.1, -0.05) is 291 Å². The molecule has 8 nitrogen and oxygen atoms in total. The van der Waals surface area contributed by atoms with Crippen LogP contribution in [0.25, 0.3) is 263 Å². The fraction of sp³-hybridized carbons (Fsp3) is 0. The van der Waals surface area contributed by atoms with Gasteiger partial charge in [0.05, 0.1) is 22.8 Å². The highest BCUT2D eigenvalue weighted by atomic mass is 32.1. The van der Waals surface area contributed by atoms with Crippen LogP contribution in [0.2, 0.25) is 0 Å². The van der Waals surface area contributed by atoms with Gasteiger partial charge in [-0.2, -0.15) is 0 Å². The Kier molecular flexibility index (Phi) is 17.2. The van der Waals surface area contributed by atoms with E-state index in [4.69, 9.17) is 37.6 Å². The second kappa shape index (κ2) is 29.8. The van der Waals surface area contributed by atoms with Crippen molar-refractivity contribution in [1.82, 2.24) is 19.9 Å². The van der Waals surface area contributed by atoms with Crippen LogP contribution in [0.1, 0.15) is 0 Å². The number of hydrogen-bond acceptors (Lipinski definition) is 10. The number of thiophene rings is 2. The van der Waals surface area contributed by atoms with Gasteiger partial charge in [-0.15, -0.1) is 22.7 Å². The molecule has 0 atom stereocenters. The van der Waals surface area contributed by atoms with E-state index in [1.807, 2.05) is 83.3 Å². The van der Waals surface area contributed by atoms with Crippen molar-refractivity contribution < 1.29 is 17.7 Å². The van der Waals surface area contributed by atoms with E-state index < -0.39 is 0 Å². The van der Waals surface area contributed by atoms with Crippen LogP contribution in [0.5, 0.6) is 0 Å². The second-order valence-electron chi connectivity index (χ2n) is 32.2. The molecule has 0 saturated heterocycles. The molecular weight excluding hydrogens is 1580 g/mol. The molecule has 8 heterocycles. The number of furan rings is 4. The first-order chi connectivity index (χ1) is 62.3. The molecule has 0 spiro atoms. The van der Waals surface area contributed by atoms with Gasteiger partial charge in [0, 0.05) is 128 Å². The molecule has 0 aliphatic rings. The molecule has 0 fully saturated rings. The second-order valence-corrected chi connectivity index (χ2v) is 34.3. The first-order valence-corrected chi connectivity index (χ1v) is 43.9. The van der Waals surface area contributed by atoms with Crippen molar-refractivity contribution in [2.24, 2.45) is 0 Å². The molecule has 126 heavy (non-hydrogen) atoms. The fourth-order valence-corrected chi connectivity index (χ4v) is 20.7. The molecule has 588 valence electrons. The third kappa shape index (κ3) is 12.7. The highest BCUT2D eigenvalue weighted by Gasteiger charge is 2.23. The zero-order chi connectivity index (χ0) is 82.9. The van der Waals surface area contributed by atoms with Crippen molar-refractivity contribution in [1.29, 1.82) is 0 Å². The Balaban J connectivity index is 0.000000137.